The highest BCUT2D eigenvalue weighted by Crippen LogP contribution is 2.22. The second-order valence-electron chi connectivity index (χ2n) is 4.16. The van der Waals surface area contributed by atoms with Crippen molar-refractivity contribution in [3.8, 4) is 5.75 Å². The Morgan fingerprint density at radius 1 is 1.35 bits per heavy atom. The zero-order valence-electron chi connectivity index (χ0n) is 10.4. The number of benzene rings is 1. The third-order valence-electron chi connectivity index (χ3n) is 2.37. The molecule has 0 bridgehead atoms. The van der Waals surface area contributed by atoms with E-state index in [1.54, 1.807) is 6.07 Å². The highest BCUT2D eigenvalue weighted by molar-refractivity contribution is 5.73. The van der Waals surface area contributed by atoms with Gasteiger partial charge in [-0.05, 0) is 13.0 Å². The van der Waals surface area contributed by atoms with Gasteiger partial charge in [-0.1, -0.05) is 44.2 Å². The zero-order chi connectivity index (χ0) is 12.8. The number of carboxylic acid groups (broad SMARTS) is 1. The molecule has 0 saturated carbocycles. The fourth-order valence-corrected chi connectivity index (χ4v) is 1.51. The van der Waals surface area contributed by atoms with Gasteiger partial charge in [0.15, 0.2) is 6.10 Å². The van der Waals surface area contributed by atoms with Gasteiger partial charge in [0.25, 0.3) is 0 Å². The number of hydrogen-bond donors (Lipinski definition) is 1. The van der Waals surface area contributed by atoms with E-state index >= 15 is 0 Å². The summed E-state index contributed by atoms with van der Waals surface area (Å²) >= 11 is 0. The Bertz CT molecular complexity index is 408. The smallest absolute Gasteiger partial charge is 0.345 e. The Balaban J connectivity index is 2.96. The van der Waals surface area contributed by atoms with Crippen molar-refractivity contribution >= 4 is 12.0 Å². The molecule has 1 aromatic carbocycles. The predicted octanol–water partition coefficient (Wildman–Crippen LogP) is 3.21. The largest absolute Gasteiger partial charge is 0.478 e. The minimum absolute atomic E-state index is 0.0776. The van der Waals surface area contributed by atoms with Crippen LogP contribution in [0.15, 0.2) is 30.3 Å². The molecule has 0 saturated heterocycles. The predicted molar refractivity (Wildman–Crippen MR) is 68.0 cm³/mol. The molecule has 1 aromatic rings. The first-order valence-corrected chi connectivity index (χ1v) is 5.67. The first-order valence-electron chi connectivity index (χ1n) is 5.67. The molecule has 0 spiro atoms. The van der Waals surface area contributed by atoms with Gasteiger partial charge in [-0.15, -0.1) is 0 Å². The molecule has 0 aliphatic rings. The number of aliphatic carboxylic acids is 1. The molecule has 17 heavy (non-hydrogen) atoms. The Morgan fingerprint density at radius 3 is 2.53 bits per heavy atom. The van der Waals surface area contributed by atoms with Crippen molar-refractivity contribution in [1.82, 2.24) is 0 Å². The minimum Gasteiger partial charge on any atom is -0.478 e. The lowest BCUT2D eigenvalue weighted by molar-refractivity contribution is -0.147. The Kier molecular flexibility index (Phi) is 4.76. The van der Waals surface area contributed by atoms with Crippen LogP contribution in [0.3, 0.4) is 0 Å². The second-order valence-corrected chi connectivity index (χ2v) is 4.16. The summed E-state index contributed by atoms with van der Waals surface area (Å²) in [5.74, 6) is -0.409. The molecule has 3 heteroatoms. The molecule has 0 aliphatic carbocycles. The van der Waals surface area contributed by atoms with Gasteiger partial charge in [-0.25, -0.2) is 4.79 Å². The number of para-hydroxylation sites is 1. The van der Waals surface area contributed by atoms with Crippen LogP contribution in [0.1, 0.15) is 26.3 Å². The van der Waals surface area contributed by atoms with E-state index in [9.17, 15) is 4.79 Å². The van der Waals surface area contributed by atoms with E-state index in [1.165, 1.54) is 0 Å². The van der Waals surface area contributed by atoms with Crippen LogP contribution >= 0.6 is 0 Å². The summed E-state index contributed by atoms with van der Waals surface area (Å²) in [5.41, 5.74) is 0.891. The molecular weight excluding hydrogens is 216 g/mol. The molecule has 1 rings (SSSR count). The summed E-state index contributed by atoms with van der Waals surface area (Å²) in [5, 5.41) is 9.08. The lowest BCUT2D eigenvalue weighted by Gasteiger charge is -2.19. The third-order valence-corrected chi connectivity index (χ3v) is 2.37. The topological polar surface area (TPSA) is 46.5 Å². The van der Waals surface area contributed by atoms with Crippen LogP contribution in [0.25, 0.3) is 6.08 Å². The summed E-state index contributed by atoms with van der Waals surface area (Å²) < 4.78 is 5.57. The van der Waals surface area contributed by atoms with Crippen molar-refractivity contribution in [1.29, 1.82) is 0 Å². The fraction of sp³-hybridized carbons (Fsp3) is 0.357. The molecule has 0 amide bonds. The second kappa shape index (κ2) is 6.09. The van der Waals surface area contributed by atoms with Crippen LogP contribution in [0.5, 0.6) is 5.75 Å². The van der Waals surface area contributed by atoms with Crippen molar-refractivity contribution in [2.45, 2.75) is 26.9 Å². The molecule has 0 fully saturated rings. The minimum atomic E-state index is -0.935. The van der Waals surface area contributed by atoms with Crippen LogP contribution in [0.4, 0.5) is 0 Å². The third kappa shape index (κ3) is 3.63. The molecule has 3 nitrogen and oxygen atoms in total. The fourth-order valence-electron chi connectivity index (χ4n) is 1.51. The van der Waals surface area contributed by atoms with Gasteiger partial charge < -0.3 is 9.84 Å². The molecule has 1 N–H and O–H groups in total. The van der Waals surface area contributed by atoms with Gasteiger partial charge in [0.05, 0.1) is 0 Å². The summed E-state index contributed by atoms with van der Waals surface area (Å²) in [6, 6.07) is 7.41. The number of carboxylic acids is 1. The van der Waals surface area contributed by atoms with Crippen LogP contribution in [0, 0.1) is 5.92 Å². The summed E-state index contributed by atoms with van der Waals surface area (Å²) in [7, 11) is 0. The van der Waals surface area contributed by atoms with Gasteiger partial charge >= 0.3 is 5.97 Å². The van der Waals surface area contributed by atoms with E-state index in [4.69, 9.17) is 9.84 Å². The molecule has 1 atom stereocenters. The van der Waals surface area contributed by atoms with Crippen molar-refractivity contribution in [2.24, 2.45) is 5.92 Å². The van der Waals surface area contributed by atoms with Crippen molar-refractivity contribution < 1.29 is 14.6 Å². The lowest BCUT2D eigenvalue weighted by atomic mass is 10.1. The maximum absolute atomic E-state index is 11.1. The van der Waals surface area contributed by atoms with Gasteiger partial charge in [0, 0.05) is 11.5 Å². The monoisotopic (exact) mass is 234 g/mol. The maximum Gasteiger partial charge on any atom is 0.345 e. The van der Waals surface area contributed by atoms with Crippen LogP contribution in [0.2, 0.25) is 0 Å². The highest BCUT2D eigenvalue weighted by atomic mass is 16.5. The van der Waals surface area contributed by atoms with Crippen LogP contribution in [-0.4, -0.2) is 17.2 Å². The highest BCUT2D eigenvalue weighted by Gasteiger charge is 2.23. The molecule has 0 radical (unpaired) electrons. The molecule has 0 aromatic heterocycles. The van der Waals surface area contributed by atoms with Gasteiger partial charge in [0.2, 0.25) is 0 Å². The van der Waals surface area contributed by atoms with Crippen LogP contribution < -0.4 is 4.74 Å². The summed E-state index contributed by atoms with van der Waals surface area (Å²) in [6.45, 7) is 5.57. The van der Waals surface area contributed by atoms with Gasteiger partial charge in [0.1, 0.15) is 5.75 Å². The average molecular weight is 234 g/mol. The number of hydrogen-bond acceptors (Lipinski definition) is 2. The molecule has 0 heterocycles. The number of ether oxygens (including phenoxy) is 1. The molecular formula is C14H18O3. The summed E-state index contributed by atoms with van der Waals surface area (Å²) in [4.78, 5) is 11.1. The molecule has 0 aliphatic heterocycles. The van der Waals surface area contributed by atoms with Crippen molar-refractivity contribution in [3.63, 3.8) is 0 Å². The van der Waals surface area contributed by atoms with E-state index < -0.39 is 12.1 Å². The van der Waals surface area contributed by atoms with E-state index in [0.29, 0.717) is 5.75 Å². The Morgan fingerprint density at radius 2 is 2.00 bits per heavy atom. The number of allylic oxidation sites excluding steroid dienone is 1. The Labute approximate surface area is 102 Å². The van der Waals surface area contributed by atoms with Crippen LogP contribution in [-0.2, 0) is 4.79 Å². The standard InChI is InChI=1S/C14H18O3/c1-4-7-11-8-5-6-9-12(11)17-13(10(2)3)14(15)16/h4-10,13H,1-3H3,(H,15,16)/b7-4+. The van der Waals surface area contributed by atoms with Gasteiger partial charge in [-0.2, -0.15) is 0 Å². The van der Waals surface area contributed by atoms with Crippen molar-refractivity contribution in [2.75, 3.05) is 0 Å². The van der Waals surface area contributed by atoms with Gasteiger partial charge in [-0.3, -0.25) is 0 Å². The maximum atomic E-state index is 11.1. The van der Waals surface area contributed by atoms with E-state index in [0.717, 1.165) is 5.56 Å². The SMILES string of the molecule is C/C=C/c1ccccc1OC(C(=O)O)C(C)C. The van der Waals surface area contributed by atoms with E-state index in [2.05, 4.69) is 0 Å². The Hall–Kier alpha value is -1.77. The normalized spacial score (nSPS) is 12.9. The summed E-state index contributed by atoms with van der Waals surface area (Å²) in [6.07, 6.45) is 2.98. The van der Waals surface area contributed by atoms with Crippen molar-refractivity contribution in [3.05, 3.63) is 35.9 Å². The average Bonchev–Trinajstić information content (AvgIpc) is 2.27. The first-order chi connectivity index (χ1) is 8.06. The first kappa shape index (κ1) is 13.3. The molecule has 1 unspecified atom stereocenters. The number of rotatable bonds is 5. The quantitative estimate of drug-likeness (QED) is 0.851. The van der Waals surface area contributed by atoms with E-state index in [1.807, 2.05) is 51.1 Å². The zero-order valence-corrected chi connectivity index (χ0v) is 10.4. The number of carbonyl (C=O) groups is 1. The lowest BCUT2D eigenvalue weighted by Crippen LogP contribution is -2.32. The molecule has 92 valence electrons. The van der Waals surface area contributed by atoms with E-state index in [-0.39, 0.29) is 5.92 Å².